The minimum absolute atomic E-state index is 0.00703. The number of halogens is 7. The van der Waals surface area contributed by atoms with Gasteiger partial charge in [0.1, 0.15) is 17.7 Å². The second-order valence-corrected chi connectivity index (χ2v) is 9.63. The number of hydrogen-bond donors (Lipinski definition) is 1. The van der Waals surface area contributed by atoms with Gasteiger partial charge in [0.05, 0.1) is 21.7 Å². The molecular weight excluding hydrogens is 527 g/mol. The standard InChI is InChI=1S/C25H18F7NO3S/c1-11-13(9-14-15(25(30,31)32)6-4-8-17(14)26)22-33(18(10-37-22)23(35)36)21(34)19(11)12-5-3-7-16(20(12)27)24(2,28)29/h3-8,18H,9-10H2,1-2H3,(H,35,36). The molecule has 1 aliphatic heterocycles. The molecule has 4 nitrogen and oxygen atoms in total. The first-order valence-corrected chi connectivity index (χ1v) is 11.8. The fourth-order valence-electron chi connectivity index (χ4n) is 4.45. The van der Waals surface area contributed by atoms with E-state index in [0.29, 0.717) is 13.0 Å². The zero-order chi connectivity index (χ0) is 27.4. The summed E-state index contributed by atoms with van der Waals surface area (Å²) >= 11 is 0.878. The summed E-state index contributed by atoms with van der Waals surface area (Å²) in [6, 6.07) is 3.91. The predicted molar refractivity (Wildman–Crippen MR) is 122 cm³/mol. The summed E-state index contributed by atoms with van der Waals surface area (Å²) in [5.41, 5.74) is -5.20. The van der Waals surface area contributed by atoms with E-state index in [1.807, 2.05) is 0 Å². The Balaban J connectivity index is 2.07. The minimum Gasteiger partial charge on any atom is -0.480 e. The minimum atomic E-state index is -4.92. The van der Waals surface area contributed by atoms with E-state index in [2.05, 4.69) is 0 Å². The summed E-state index contributed by atoms with van der Waals surface area (Å²) in [5.74, 6) is -7.83. The third-order valence-electron chi connectivity index (χ3n) is 6.23. The van der Waals surface area contributed by atoms with Gasteiger partial charge in [0.15, 0.2) is 0 Å². The number of alkyl halides is 5. The number of rotatable bonds is 5. The number of carboxylic acid groups (broad SMARTS) is 1. The number of aliphatic carboxylic acids is 1. The molecular formula is C25H18F7NO3S. The number of aromatic nitrogens is 1. The zero-order valence-corrected chi connectivity index (χ0v) is 20.0. The number of carbonyl (C=O) groups is 1. The van der Waals surface area contributed by atoms with Gasteiger partial charge in [-0.15, -0.1) is 11.8 Å². The summed E-state index contributed by atoms with van der Waals surface area (Å²) in [5, 5.41) is 9.63. The van der Waals surface area contributed by atoms with Crippen molar-refractivity contribution in [1.29, 1.82) is 0 Å². The summed E-state index contributed by atoms with van der Waals surface area (Å²) in [6.45, 7) is 1.74. The van der Waals surface area contributed by atoms with Crippen molar-refractivity contribution in [2.75, 3.05) is 5.75 Å². The second-order valence-electron chi connectivity index (χ2n) is 8.62. The molecule has 1 unspecified atom stereocenters. The number of hydrogen-bond acceptors (Lipinski definition) is 3. The van der Waals surface area contributed by atoms with Gasteiger partial charge in [-0.3, -0.25) is 9.36 Å². The van der Waals surface area contributed by atoms with Crippen LogP contribution in [0.3, 0.4) is 0 Å². The lowest BCUT2D eigenvalue weighted by atomic mass is 9.91. The van der Waals surface area contributed by atoms with Crippen molar-refractivity contribution in [2.24, 2.45) is 0 Å². The van der Waals surface area contributed by atoms with Gasteiger partial charge >= 0.3 is 12.1 Å². The Morgan fingerprint density at radius 2 is 1.68 bits per heavy atom. The smallest absolute Gasteiger partial charge is 0.416 e. The predicted octanol–water partition coefficient (Wildman–Crippen LogP) is 6.55. The van der Waals surface area contributed by atoms with Crippen LogP contribution in [0.4, 0.5) is 30.7 Å². The molecule has 0 saturated carbocycles. The zero-order valence-electron chi connectivity index (χ0n) is 19.2. The Labute approximate surface area is 209 Å². The number of thioether (sulfide) groups is 1. The van der Waals surface area contributed by atoms with Crippen molar-refractivity contribution in [3.63, 3.8) is 0 Å². The molecule has 0 spiro atoms. The quantitative estimate of drug-likeness (QED) is 0.370. The Bertz CT molecular complexity index is 1480. The molecule has 1 atom stereocenters. The molecule has 2 heterocycles. The highest BCUT2D eigenvalue weighted by Crippen LogP contribution is 2.42. The highest BCUT2D eigenvalue weighted by atomic mass is 32.2. The number of fused-ring (bicyclic) bond motifs is 1. The van der Waals surface area contributed by atoms with E-state index in [0.717, 1.165) is 46.7 Å². The molecule has 0 fully saturated rings. The molecule has 2 aromatic carbocycles. The Morgan fingerprint density at radius 1 is 1.05 bits per heavy atom. The number of nitrogens with zero attached hydrogens (tertiary/aromatic N) is 1. The Morgan fingerprint density at radius 3 is 2.27 bits per heavy atom. The molecule has 3 aromatic rings. The molecule has 37 heavy (non-hydrogen) atoms. The van der Waals surface area contributed by atoms with E-state index in [1.165, 1.54) is 6.92 Å². The maximum absolute atomic E-state index is 15.3. The highest BCUT2D eigenvalue weighted by Gasteiger charge is 2.38. The van der Waals surface area contributed by atoms with Crippen LogP contribution in [0, 0.1) is 18.6 Å². The molecule has 0 radical (unpaired) electrons. The van der Waals surface area contributed by atoms with E-state index in [-0.39, 0.29) is 21.9 Å². The summed E-state index contributed by atoms with van der Waals surface area (Å²) in [4.78, 5) is 25.3. The van der Waals surface area contributed by atoms with E-state index in [9.17, 15) is 41.0 Å². The maximum atomic E-state index is 15.3. The topological polar surface area (TPSA) is 59.3 Å². The first-order valence-electron chi connectivity index (χ1n) is 10.8. The third kappa shape index (κ3) is 4.62. The average Bonchev–Trinajstić information content (AvgIpc) is 3.23. The van der Waals surface area contributed by atoms with Gasteiger partial charge in [-0.25, -0.2) is 22.4 Å². The molecule has 0 saturated heterocycles. The van der Waals surface area contributed by atoms with Gasteiger partial charge in [-0.05, 0) is 30.2 Å². The van der Waals surface area contributed by atoms with Crippen LogP contribution in [0.5, 0.6) is 0 Å². The van der Waals surface area contributed by atoms with Crippen LogP contribution in [0.2, 0.25) is 0 Å². The van der Waals surface area contributed by atoms with Crippen LogP contribution in [-0.4, -0.2) is 21.4 Å². The number of pyridine rings is 1. The van der Waals surface area contributed by atoms with Crippen LogP contribution in [0.25, 0.3) is 11.1 Å². The molecule has 196 valence electrons. The first-order chi connectivity index (χ1) is 17.1. The van der Waals surface area contributed by atoms with Gasteiger partial charge in [-0.2, -0.15) is 13.2 Å². The monoisotopic (exact) mass is 545 g/mol. The molecule has 0 aliphatic carbocycles. The van der Waals surface area contributed by atoms with E-state index < -0.39 is 75.5 Å². The number of benzene rings is 2. The van der Waals surface area contributed by atoms with E-state index >= 15 is 4.39 Å². The van der Waals surface area contributed by atoms with E-state index in [4.69, 9.17) is 0 Å². The normalized spacial score (nSPS) is 15.6. The Hall–Kier alpha value is -3.28. The number of carboxylic acids is 1. The van der Waals surface area contributed by atoms with Gasteiger partial charge in [-0.1, -0.05) is 24.3 Å². The van der Waals surface area contributed by atoms with Crippen LogP contribution in [-0.2, 0) is 23.3 Å². The average molecular weight is 545 g/mol. The molecule has 1 aliphatic rings. The third-order valence-corrected chi connectivity index (χ3v) is 7.43. The van der Waals surface area contributed by atoms with Crippen molar-refractivity contribution < 1.29 is 40.6 Å². The molecule has 12 heteroatoms. The van der Waals surface area contributed by atoms with Gasteiger partial charge in [0.25, 0.3) is 11.5 Å². The highest BCUT2D eigenvalue weighted by molar-refractivity contribution is 7.99. The summed E-state index contributed by atoms with van der Waals surface area (Å²) in [6.07, 6.45) is -5.63. The van der Waals surface area contributed by atoms with Crippen molar-refractivity contribution >= 4 is 17.7 Å². The van der Waals surface area contributed by atoms with Crippen molar-refractivity contribution in [3.05, 3.63) is 86.2 Å². The lowest BCUT2D eigenvalue weighted by molar-refractivity contribution is -0.140. The van der Waals surface area contributed by atoms with Crippen molar-refractivity contribution in [1.82, 2.24) is 4.57 Å². The lowest BCUT2D eigenvalue weighted by Gasteiger charge is -2.21. The van der Waals surface area contributed by atoms with Crippen molar-refractivity contribution in [2.45, 2.75) is 43.4 Å². The molecule has 0 amide bonds. The fourth-order valence-corrected chi connectivity index (χ4v) is 5.81. The van der Waals surface area contributed by atoms with E-state index in [1.54, 1.807) is 0 Å². The molecule has 4 rings (SSSR count). The van der Waals surface area contributed by atoms with Crippen molar-refractivity contribution in [3.8, 4) is 11.1 Å². The summed E-state index contributed by atoms with van der Waals surface area (Å²) < 4.78 is 99.8. The maximum Gasteiger partial charge on any atom is 0.416 e. The molecule has 1 aromatic heterocycles. The van der Waals surface area contributed by atoms with Gasteiger partial charge in [0.2, 0.25) is 0 Å². The van der Waals surface area contributed by atoms with Crippen LogP contribution in [0.1, 0.15) is 40.8 Å². The SMILES string of the molecule is Cc1c(Cc2c(F)cccc2C(F)(F)F)c2n(c(=O)c1-c1cccc(C(C)(F)F)c1F)C(C(=O)O)CS2. The van der Waals surface area contributed by atoms with Gasteiger partial charge < -0.3 is 5.11 Å². The fraction of sp³-hybridized carbons (Fsp3) is 0.280. The van der Waals surface area contributed by atoms with Crippen LogP contribution >= 0.6 is 11.8 Å². The summed E-state index contributed by atoms with van der Waals surface area (Å²) in [7, 11) is 0. The molecule has 0 bridgehead atoms. The van der Waals surface area contributed by atoms with Gasteiger partial charge in [0, 0.05) is 30.2 Å². The van der Waals surface area contributed by atoms with Crippen LogP contribution < -0.4 is 5.56 Å². The molecule has 1 N–H and O–H groups in total. The first kappa shape index (κ1) is 26.8. The largest absolute Gasteiger partial charge is 0.480 e. The van der Waals surface area contributed by atoms with Crippen LogP contribution in [0.15, 0.2) is 46.2 Å². The second kappa shape index (κ2) is 9.23. The lowest BCUT2D eigenvalue weighted by Crippen LogP contribution is -2.31. The Kier molecular flexibility index (Phi) is 6.68.